The molecule has 2 N–H and O–H groups in total. The van der Waals surface area contributed by atoms with E-state index in [9.17, 15) is 0 Å². The average Bonchev–Trinajstić information content (AvgIpc) is 2.66. The highest BCUT2D eigenvalue weighted by Crippen LogP contribution is 2.38. The fourth-order valence-corrected chi connectivity index (χ4v) is 1.04. The molecule has 0 aliphatic carbocycles. The van der Waals surface area contributed by atoms with Gasteiger partial charge in [0, 0.05) is 6.21 Å². The topological polar surface area (TPSA) is 60.1 Å². The van der Waals surface area contributed by atoms with Crippen LogP contribution in [0.25, 0.3) is 0 Å². The number of hydrogen-bond acceptors (Lipinski definition) is 4. The van der Waals surface area contributed by atoms with E-state index in [1.54, 1.807) is 6.21 Å². The minimum Gasteiger partial charge on any atom is -0.345 e. The Morgan fingerprint density at radius 3 is 2.67 bits per heavy atom. The van der Waals surface area contributed by atoms with E-state index in [1.165, 1.54) is 0 Å². The van der Waals surface area contributed by atoms with Gasteiger partial charge in [0.2, 0.25) is 0 Å². The molecule has 1 heterocycles. The summed E-state index contributed by atoms with van der Waals surface area (Å²) in [7, 11) is 0. The van der Waals surface area contributed by atoms with Crippen molar-refractivity contribution in [1.82, 2.24) is 0 Å². The first-order chi connectivity index (χ1) is 5.55. The number of hydrogen-bond donors (Lipinski definition) is 1. The SMILES string of the molecule is CC(C)(C)C1OC1N=CCON. The van der Waals surface area contributed by atoms with Crippen LogP contribution in [-0.2, 0) is 9.57 Å². The Kier molecular flexibility index (Phi) is 2.82. The highest BCUT2D eigenvalue weighted by atomic mass is 16.6. The Balaban J connectivity index is 2.24. The predicted octanol–water partition coefficient (Wildman–Crippen LogP) is 0.718. The predicted molar refractivity (Wildman–Crippen MR) is 46.7 cm³/mol. The third-order valence-electron chi connectivity index (χ3n) is 1.75. The van der Waals surface area contributed by atoms with Gasteiger partial charge in [-0.2, -0.15) is 0 Å². The largest absolute Gasteiger partial charge is 0.345 e. The molecule has 2 unspecified atom stereocenters. The van der Waals surface area contributed by atoms with Gasteiger partial charge in [-0.15, -0.1) is 0 Å². The molecule has 0 aromatic carbocycles. The van der Waals surface area contributed by atoms with Gasteiger partial charge in [-0.05, 0) is 5.41 Å². The summed E-state index contributed by atoms with van der Waals surface area (Å²) in [6, 6.07) is 0. The van der Waals surface area contributed by atoms with E-state index in [4.69, 9.17) is 10.6 Å². The summed E-state index contributed by atoms with van der Waals surface area (Å²) in [6.45, 7) is 6.74. The fourth-order valence-electron chi connectivity index (χ4n) is 1.04. The maximum atomic E-state index is 5.33. The summed E-state index contributed by atoms with van der Waals surface area (Å²) < 4.78 is 5.33. The van der Waals surface area contributed by atoms with Crippen molar-refractivity contribution in [2.45, 2.75) is 33.1 Å². The maximum absolute atomic E-state index is 5.33. The van der Waals surface area contributed by atoms with Crippen LogP contribution in [0.15, 0.2) is 4.99 Å². The number of ether oxygens (including phenoxy) is 1. The summed E-state index contributed by atoms with van der Waals surface area (Å²) in [6.07, 6.45) is 1.89. The lowest BCUT2D eigenvalue weighted by Crippen LogP contribution is -2.15. The molecule has 0 bridgehead atoms. The van der Waals surface area contributed by atoms with E-state index >= 15 is 0 Å². The van der Waals surface area contributed by atoms with Gasteiger partial charge in [0.25, 0.3) is 0 Å². The summed E-state index contributed by atoms with van der Waals surface area (Å²) in [5.41, 5.74) is 0.172. The molecule has 0 aromatic heterocycles. The fraction of sp³-hybridized carbons (Fsp3) is 0.875. The summed E-state index contributed by atoms with van der Waals surface area (Å²) in [5, 5.41) is 0. The van der Waals surface area contributed by atoms with E-state index in [-0.39, 0.29) is 17.7 Å². The Morgan fingerprint density at radius 2 is 2.25 bits per heavy atom. The van der Waals surface area contributed by atoms with Crippen LogP contribution in [0.5, 0.6) is 0 Å². The molecule has 1 rings (SSSR count). The van der Waals surface area contributed by atoms with Gasteiger partial charge in [-0.1, -0.05) is 20.8 Å². The Bertz CT molecular complexity index is 174. The van der Waals surface area contributed by atoms with Gasteiger partial charge in [0.15, 0.2) is 6.23 Å². The Hall–Kier alpha value is -0.450. The molecular weight excluding hydrogens is 156 g/mol. The van der Waals surface area contributed by atoms with Crippen molar-refractivity contribution >= 4 is 6.21 Å². The first-order valence-electron chi connectivity index (χ1n) is 4.04. The van der Waals surface area contributed by atoms with Crippen molar-refractivity contribution in [2.24, 2.45) is 16.3 Å². The van der Waals surface area contributed by atoms with Crippen LogP contribution in [0.3, 0.4) is 0 Å². The monoisotopic (exact) mass is 172 g/mol. The molecule has 0 saturated carbocycles. The first-order valence-corrected chi connectivity index (χ1v) is 4.04. The van der Waals surface area contributed by atoms with Gasteiger partial charge < -0.3 is 4.74 Å². The zero-order valence-corrected chi connectivity index (χ0v) is 7.78. The quantitative estimate of drug-likeness (QED) is 0.387. The zero-order valence-electron chi connectivity index (χ0n) is 7.78. The lowest BCUT2D eigenvalue weighted by atomic mass is 9.92. The van der Waals surface area contributed by atoms with E-state index in [2.05, 4.69) is 30.6 Å². The third kappa shape index (κ3) is 2.55. The average molecular weight is 172 g/mol. The zero-order chi connectivity index (χ0) is 9.19. The molecule has 1 aliphatic rings. The molecule has 0 radical (unpaired) electrons. The van der Waals surface area contributed by atoms with E-state index in [1.807, 2.05) is 0 Å². The van der Waals surface area contributed by atoms with Gasteiger partial charge in [0.05, 0.1) is 0 Å². The van der Waals surface area contributed by atoms with Crippen LogP contribution in [-0.4, -0.2) is 25.2 Å². The molecule has 2 atom stereocenters. The molecule has 0 aromatic rings. The molecule has 1 fully saturated rings. The second kappa shape index (κ2) is 3.51. The van der Waals surface area contributed by atoms with Crippen LogP contribution in [0.1, 0.15) is 20.8 Å². The standard InChI is InChI=1S/C8H16N2O2/c1-8(2,3)6-7(12-6)10-4-5-11-9/h4,6-7H,5,9H2,1-3H3. The van der Waals surface area contributed by atoms with Crippen molar-refractivity contribution in [3.05, 3.63) is 0 Å². The molecule has 0 amide bonds. The van der Waals surface area contributed by atoms with Crippen molar-refractivity contribution in [3.63, 3.8) is 0 Å². The highest BCUT2D eigenvalue weighted by molar-refractivity contribution is 5.58. The minimum absolute atomic E-state index is 0.0140. The van der Waals surface area contributed by atoms with Crippen LogP contribution >= 0.6 is 0 Å². The number of nitrogens with two attached hydrogens (primary N) is 1. The molecule has 4 nitrogen and oxygen atoms in total. The van der Waals surface area contributed by atoms with Crippen molar-refractivity contribution < 1.29 is 9.57 Å². The minimum atomic E-state index is 0.0140. The Morgan fingerprint density at radius 1 is 1.58 bits per heavy atom. The van der Waals surface area contributed by atoms with Crippen LogP contribution in [0.4, 0.5) is 0 Å². The molecule has 1 saturated heterocycles. The smallest absolute Gasteiger partial charge is 0.175 e. The van der Waals surface area contributed by atoms with E-state index < -0.39 is 0 Å². The molecular formula is C8H16N2O2. The van der Waals surface area contributed by atoms with Gasteiger partial charge in [0.1, 0.15) is 12.7 Å². The molecule has 1 aliphatic heterocycles. The highest BCUT2D eigenvalue weighted by Gasteiger charge is 2.46. The Labute approximate surface area is 72.7 Å². The lowest BCUT2D eigenvalue weighted by Gasteiger charge is -2.12. The number of epoxide rings is 1. The second-order valence-corrected chi connectivity index (χ2v) is 3.98. The normalized spacial score (nSPS) is 29.7. The van der Waals surface area contributed by atoms with Crippen LogP contribution in [0, 0.1) is 5.41 Å². The first kappa shape index (κ1) is 9.64. The van der Waals surface area contributed by atoms with E-state index in [0.717, 1.165) is 0 Å². The second-order valence-electron chi connectivity index (χ2n) is 3.98. The summed E-state index contributed by atoms with van der Waals surface area (Å²) >= 11 is 0. The van der Waals surface area contributed by atoms with E-state index in [0.29, 0.717) is 6.61 Å². The molecule has 12 heavy (non-hydrogen) atoms. The molecule has 4 heteroatoms. The third-order valence-corrected chi connectivity index (χ3v) is 1.75. The number of aliphatic imine (C=N–C) groups is 1. The van der Waals surface area contributed by atoms with Gasteiger partial charge in [-0.25, -0.2) is 5.90 Å². The molecule has 70 valence electrons. The van der Waals surface area contributed by atoms with Gasteiger partial charge >= 0.3 is 0 Å². The van der Waals surface area contributed by atoms with Crippen LogP contribution < -0.4 is 5.90 Å². The number of rotatable bonds is 3. The van der Waals surface area contributed by atoms with Gasteiger partial charge in [-0.3, -0.25) is 9.83 Å². The van der Waals surface area contributed by atoms with Crippen molar-refractivity contribution in [1.29, 1.82) is 0 Å². The van der Waals surface area contributed by atoms with Crippen molar-refractivity contribution in [3.8, 4) is 0 Å². The summed E-state index contributed by atoms with van der Waals surface area (Å²) in [4.78, 5) is 8.46. The van der Waals surface area contributed by atoms with Crippen molar-refractivity contribution in [2.75, 3.05) is 6.61 Å². The summed E-state index contributed by atoms with van der Waals surface area (Å²) in [5.74, 6) is 4.82. The number of nitrogens with zero attached hydrogens (tertiary/aromatic N) is 1. The lowest BCUT2D eigenvalue weighted by molar-refractivity contribution is 0.180. The molecule has 0 spiro atoms. The van der Waals surface area contributed by atoms with Crippen LogP contribution in [0.2, 0.25) is 0 Å². The maximum Gasteiger partial charge on any atom is 0.175 e.